The Kier molecular flexibility index (Phi) is 4.44. The number of fused-ring (bicyclic) bond motifs is 1. The second-order valence-corrected chi connectivity index (χ2v) is 5.72. The molecule has 0 saturated carbocycles. The molecule has 1 N–H and O–H groups in total. The van der Waals surface area contributed by atoms with Crippen LogP contribution >= 0.6 is 11.6 Å². The number of benzene rings is 2. The van der Waals surface area contributed by atoms with E-state index in [4.69, 9.17) is 26.1 Å². The van der Waals surface area contributed by atoms with Crippen molar-refractivity contribution in [3.05, 3.63) is 52.0 Å². The molecule has 0 radical (unpaired) electrons. The minimum absolute atomic E-state index is 0.689. The highest BCUT2D eigenvalue weighted by Crippen LogP contribution is 2.35. The lowest BCUT2D eigenvalue weighted by Crippen LogP contribution is -2.16. The maximum atomic E-state index is 6.20. The van der Waals surface area contributed by atoms with Gasteiger partial charge in [0.25, 0.3) is 0 Å². The number of nitrogens with zero attached hydrogens (tertiary/aromatic N) is 1. The van der Waals surface area contributed by atoms with Crippen LogP contribution in [0.5, 0.6) is 11.5 Å². The number of ether oxygens (including phenoxy) is 2. The molecule has 2 aromatic carbocycles. The molecule has 120 valence electrons. The van der Waals surface area contributed by atoms with Gasteiger partial charge in [0.2, 0.25) is 0 Å². The van der Waals surface area contributed by atoms with Crippen LogP contribution in [-0.2, 0) is 6.42 Å². The second-order valence-electron chi connectivity index (χ2n) is 5.28. The minimum Gasteiger partial charge on any atom is -0.493 e. The number of anilines is 1. The summed E-state index contributed by atoms with van der Waals surface area (Å²) >= 11 is 6.20. The lowest BCUT2D eigenvalue weighted by Gasteiger charge is -2.21. The average molecular weight is 331 g/mol. The van der Waals surface area contributed by atoms with Gasteiger partial charge in [0, 0.05) is 35.4 Å². The van der Waals surface area contributed by atoms with Crippen LogP contribution in [0.25, 0.3) is 0 Å². The second kappa shape index (κ2) is 6.50. The number of methoxy groups -OCH3 is 2. The zero-order valence-electron chi connectivity index (χ0n) is 13.4. The smallest absolute Gasteiger partial charge is 0.161 e. The van der Waals surface area contributed by atoms with Crippen molar-refractivity contribution in [2.45, 2.75) is 6.42 Å². The van der Waals surface area contributed by atoms with E-state index < -0.39 is 0 Å². The van der Waals surface area contributed by atoms with E-state index in [2.05, 4.69) is 5.32 Å². The van der Waals surface area contributed by atoms with Crippen LogP contribution in [0.3, 0.4) is 0 Å². The third-order valence-corrected chi connectivity index (χ3v) is 4.26. The van der Waals surface area contributed by atoms with Crippen molar-refractivity contribution in [3.63, 3.8) is 0 Å². The maximum absolute atomic E-state index is 6.20. The molecule has 0 aliphatic carbocycles. The quantitative estimate of drug-likeness (QED) is 0.927. The topological polar surface area (TPSA) is 42.9 Å². The Bertz CT molecular complexity index is 772. The highest BCUT2D eigenvalue weighted by atomic mass is 35.5. The Balaban J connectivity index is 2.18. The van der Waals surface area contributed by atoms with Crippen molar-refractivity contribution in [3.8, 4) is 11.5 Å². The summed E-state index contributed by atoms with van der Waals surface area (Å²) in [6, 6.07) is 9.81. The summed E-state index contributed by atoms with van der Waals surface area (Å²) in [6.45, 7) is 0.744. The van der Waals surface area contributed by atoms with E-state index in [1.165, 1.54) is 5.56 Å². The molecule has 0 fully saturated rings. The van der Waals surface area contributed by atoms with Gasteiger partial charge in [-0.15, -0.1) is 0 Å². The maximum Gasteiger partial charge on any atom is 0.161 e. The number of hydrogen-bond donors (Lipinski definition) is 1. The molecule has 4 nitrogen and oxygen atoms in total. The Morgan fingerprint density at radius 1 is 1.04 bits per heavy atom. The van der Waals surface area contributed by atoms with Crippen molar-refractivity contribution in [2.75, 3.05) is 33.1 Å². The fourth-order valence-corrected chi connectivity index (χ4v) is 3.05. The van der Waals surface area contributed by atoms with Crippen LogP contribution in [0.4, 0.5) is 5.69 Å². The molecular weight excluding hydrogens is 312 g/mol. The fraction of sp³-hybridized carbons (Fsp3) is 0.278. The van der Waals surface area contributed by atoms with Gasteiger partial charge in [-0.05, 0) is 42.3 Å². The molecule has 5 heteroatoms. The number of halogens is 1. The summed E-state index contributed by atoms with van der Waals surface area (Å²) in [5.74, 6) is 1.45. The van der Waals surface area contributed by atoms with E-state index >= 15 is 0 Å². The van der Waals surface area contributed by atoms with Crippen LogP contribution in [0.2, 0.25) is 5.02 Å². The van der Waals surface area contributed by atoms with Crippen LogP contribution < -0.4 is 14.8 Å². The van der Waals surface area contributed by atoms with E-state index in [9.17, 15) is 0 Å². The van der Waals surface area contributed by atoms with Gasteiger partial charge in [-0.3, -0.25) is 4.99 Å². The van der Waals surface area contributed by atoms with Crippen LogP contribution in [-0.4, -0.2) is 33.5 Å². The Labute approximate surface area is 141 Å². The summed E-state index contributed by atoms with van der Waals surface area (Å²) in [7, 11) is 5.19. The molecule has 0 atom stereocenters. The molecule has 3 rings (SSSR count). The Morgan fingerprint density at radius 2 is 1.78 bits per heavy atom. The molecule has 0 saturated heterocycles. The van der Waals surface area contributed by atoms with Gasteiger partial charge >= 0.3 is 0 Å². The van der Waals surface area contributed by atoms with Crippen molar-refractivity contribution in [2.24, 2.45) is 4.99 Å². The summed E-state index contributed by atoms with van der Waals surface area (Å²) in [5.41, 5.74) is 5.19. The summed E-state index contributed by atoms with van der Waals surface area (Å²) in [5, 5.41) is 3.90. The molecular formula is C18H19ClN2O2. The van der Waals surface area contributed by atoms with Gasteiger partial charge < -0.3 is 14.8 Å². The summed E-state index contributed by atoms with van der Waals surface area (Å²) < 4.78 is 10.9. The largest absolute Gasteiger partial charge is 0.493 e. The lowest BCUT2D eigenvalue weighted by atomic mass is 9.92. The molecule has 0 unspecified atom stereocenters. The first-order valence-electron chi connectivity index (χ1n) is 7.45. The standard InChI is InChI=1S/C18H19ClN2O2/c1-20-15-5-4-12(19)9-14(15)18-13-10-17(23-3)16(22-2)8-11(13)6-7-21-18/h4-5,8-10,20H,6-7H2,1-3H3. The fourth-order valence-electron chi connectivity index (χ4n) is 2.88. The molecule has 1 aliphatic rings. The predicted octanol–water partition coefficient (Wildman–Crippen LogP) is 3.79. The first-order chi connectivity index (χ1) is 11.2. The molecule has 0 bridgehead atoms. The normalized spacial score (nSPS) is 13.1. The first-order valence-corrected chi connectivity index (χ1v) is 7.83. The Morgan fingerprint density at radius 3 is 2.48 bits per heavy atom. The van der Waals surface area contributed by atoms with Crippen molar-refractivity contribution in [1.29, 1.82) is 0 Å². The van der Waals surface area contributed by atoms with E-state index in [-0.39, 0.29) is 0 Å². The summed E-state index contributed by atoms with van der Waals surface area (Å²) in [6.07, 6.45) is 0.884. The lowest BCUT2D eigenvalue weighted by molar-refractivity contribution is 0.354. The molecule has 0 spiro atoms. The van der Waals surface area contributed by atoms with Crippen molar-refractivity contribution < 1.29 is 9.47 Å². The van der Waals surface area contributed by atoms with Gasteiger partial charge in [-0.1, -0.05) is 11.6 Å². The number of hydrogen-bond acceptors (Lipinski definition) is 4. The minimum atomic E-state index is 0.689. The van der Waals surface area contributed by atoms with E-state index in [1.807, 2.05) is 37.4 Å². The zero-order valence-corrected chi connectivity index (χ0v) is 14.2. The third kappa shape index (κ3) is 2.86. The van der Waals surface area contributed by atoms with Gasteiger partial charge in [0.1, 0.15) is 0 Å². The molecule has 0 aromatic heterocycles. The van der Waals surface area contributed by atoms with Crippen LogP contribution in [0.1, 0.15) is 16.7 Å². The van der Waals surface area contributed by atoms with E-state index in [0.717, 1.165) is 41.2 Å². The van der Waals surface area contributed by atoms with Gasteiger partial charge in [0.05, 0.1) is 19.9 Å². The summed E-state index contributed by atoms with van der Waals surface area (Å²) in [4.78, 5) is 4.74. The molecule has 1 aliphatic heterocycles. The molecule has 1 heterocycles. The predicted molar refractivity (Wildman–Crippen MR) is 94.8 cm³/mol. The number of nitrogens with one attached hydrogen (secondary N) is 1. The molecule has 2 aromatic rings. The first kappa shape index (κ1) is 15.7. The van der Waals surface area contributed by atoms with Crippen LogP contribution in [0.15, 0.2) is 35.3 Å². The van der Waals surface area contributed by atoms with Gasteiger partial charge in [0.15, 0.2) is 11.5 Å². The van der Waals surface area contributed by atoms with Gasteiger partial charge in [-0.2, -0.15) is 0 Å². The molecule has 23 heavy (non-hydrogen) atoms. The third-order valence-electron chi connectivity index (χ3n) is 4.02. The highest BCUT2D eigenvalue weighted by molar-refractivity contribution is 6.31. The molecule has 0 amide bonds. The average Bonchev–Trinajstić information content (AvgIpc) is 2.59. The van der Waals surface area contributed by atoms with Crippen molar-refractivity contribution in [1.82, 2.24) is 0 Å². The van der Waals surface area contributed by atoms with E-state index in [1.54, 1.807) is 14.2 Å². The van der Waals surface area contributed by atoms with Crippen LogP contribution in [0, 0.1) is 0 Å². The van der Waals surface area contributed by atoms with Crippen molar-refractivity contribution >= 4 is 23.0 Å². The van der Waals surface area contributed by atoms with E-state index in [0.29, 0.717) is 10.8 Å². The monoisotopic (exact) mass is 330 g/mol. The number of aliphatic imine (C=N–C) groups is 1. The van der Waals surface area contributed by atoms with Gasteiger partial charge in [-0.25, -0.2) is 0 Å². The Hall–Kier alpha value is -2.20. The highest BCUT2D eigenvalue weighted by Gasteiger charge is 2.21. The number of rotatable bonds is 4. The zero-order chi connectivity index (χ0) is 16.4. The SMILES string of the molecule is CNc1ccc(Cl)cc1C1=NCCc2cc(OC)c(OC)cc21.